The van der Waals surface area contributed by atoms with E-state index in [4.69, 9.17) is 0 Å². The molecule has 1 aliphatic heterocycles. The molecule has 1 fully saturated rings. The van der Waals surface area contributed by atoms with Crippen LogP contribution in [0.25, 0.3) is 55.3 Å². The van der Waals surface area contributed by atoms with Crippen molar-refractivity contribution in [2.24, 2.45) is 0 Å². The lowest BCUT2D eigenvalue weighted by molar-refractivity contribution is 0.353. The number of hydrogen-bond donors (Lipinski definition) is 0. The SMILES string of the molecule is c1ccc2c(c1)Sc1ccc(-c3ccccc3-c3cccc4c3-c3ccccc3C43CCCCC3)c3cccc-2c13. The monoisotopic (exact) mass is 542 g/mol. The first-order valence-corrected chi connectivity index (χ1v) is 15.8. The molecule has 6 aromatic rings. The van der Waals surface area contributed by atoms with Gasteiger partial charge in [-0.15, -0.1) is 0 Å². The first-order chi connectivity index (χ1) is 20.3. The fraction of sp³-hybridized carbons (Fsp3) is 0.150. The van der Waals surface area contributed by atoms with Gasteiger partial charge in [0, 0.05) is 20.6 Å². The maximum atomic E-state index is 2.43. The Hall–Kier alpha value is -4.07. The molecule has 0 atom stereocenters. The van der Waals surface area contributed by atoms with E-state index >= 15 is 0 Å². The Balaban J connectivity index is 1.29. The zero-order valence-electron chi connectivity index (χ0n) is 23.0. The minimum absolute atomic E-state index is 0.167. The molecule has 0 N–H and O–H groups in total. The minimum atomic E-state index is 0.167. The van der Waals surface area contributed by atoms with Gasteiger partial charge in [-0.2, -0.15) is 0 Å². The zero-order chi connectivity index (χ0) is 27.0. The molecule has 0 unspecified atom stereocenters. The third-order valence-corrected chi connectivity index (χ3v) is 11.0. The Morgan fingerprint density at radius 2 is 1.05 bits per heavy atom. The van der Waals surface area contributed by atoms with Crippen LogP contribution in [0.3, 0.4) is 0 Å². The molecule has 0 aromatic heterocycles. The standard InChI is InChI=1S/C40H30S/c1-8-24-40(25-9-1)34-19-6-4-15-33(34)38-30(18-11-20-35(38)40)27-13-3-2-12-26(27)28-22-23-37-39-31(28)16-10-17-32(39)29-14-5-7-21-36(29)41-37/h2-7,10-23H,1,8-9,24-25H2. The Morgan fingerprint density at radius 3 is 1.90 bits per heavy atom. The smallest absolute Gasteiger partial charge is 0.0215 e. The molecule has 2 aliphatic carbocycles. The molecule has 0 amide bonds. The van der Waals surface area contributed by atoms with E-state index in [9.17, 15) is 0 Å². The highest BCUT2D eigenvalue weighted by Gasteiger charge is 2.44. The summed E-state index contributed by atoms with van der Waals surface area (Å²) in [6.07, 6.45) is 6.51. The Kier molecular flexibility index (Phi) is 5.16. The van der Waals surface area contributed by atoms with Crippen LogP contribution in [0.2, 0.25) is 0 Å². The van der Waals surface area contributed by atoms with Gasteiger partial charge in [0.1, 0.15) is 0 Å². The van der Waals surface area contributed by atoms with Gasteiger partial charge in [-0.25, -0.2) is 0 Å². The number of fused-ring (bicyclic) bond motifs is 7. The molecular weight excluding hydrogens is 513 g/mol. The predicted octanol–water partition coefficient (Wildman–Crippen LogP) is 11.5. The summed E-state index contributed by atoms with van der Waals surface area (Å²) in [5.74, 6) is 0. The first-order valence-electron chi connectivity index (χ1n) is 15.0. The highest BCUT2D eigenvalue weighted by Crippen LogP contribution is 2.58. The van der Waals surface area contributed by atoms with E-state index in [0.29, 0.717) is 0 Å². The van der Waals surface area contributed by atoms with Crippen LogP contribution in [0.4, 0.5) is 0 Å². The molecule has 1 heterocycles. The van der Waals surface area contributed by atoms with E-state index in [1.165, 1.54) is 97.2 Å². The van der Waals surface area contributed by atoms with E-state index in [2.05, 4.69) is 121 Å². The van der Waals surface area contributed by atoms with Crippen LogP contribution in [0.5, 0.6) is 0 Å². The molecular formula is C40H30S. The number of rotatable bonds is 2. The van der Waals surface area contributed by atoms with Crippen molar-refractivity contribution in [3.63, 3.8) is 0 Å². The van der Waals surface area contributed by atoms with Crippen LogP contribution in [0.15, 0.2) is 131 Å². The Bertz CT molecular complexity index is 2010. The molecule has 6 aromatic carbocycles. The molecule has 1 heteroatoms. The van der Waals surface area contributed by atoms with Crippen LogP contribution in [-0.4, -0.2) is 0 Å². The molecule has 1 saturated carbocycles. The lowest BCUT2D eigenvalue weighted by Gasteiger charge is -2.36. The topological polar surface area (TPSA) is 0 Å². The molecule has 1 spiro atoms. The van der Waals surface area contributed by atoms with Crippen molar-refractivity contribution in [2.75, 3.05) is 0 Å². The average Bonchev–Trinajstić information content (AvgIpc) is 3.31. The fourth-order valence-electron chi connectivity index (χ4n) is 8.19. The third-order valence-electron chi connectivity index (χ3n) is 9.91. The van der Waals surface area contributed by atoms with Crippen molar-refractivity contribution in [3.05, 3.63) is 132 Å². The molecule has 0 saturated heterocycles. The summed E-state index contributed by atoms with van der Waals surface area (Å²) in [6, 6.07) is 45.9. The molecule has 0 radical (unpaired) electrons. The van der Waals surface area contributed by atoms with Crippen molar-refractivity contribution < 1.29 is 0 Å². The summed E-state index contributed by atoms with van der Waals surface area (Å²) in [5, 5.41) is 2.72. The second-order valence-electron chi connectivity index (χ2n) is 11.9. The summed E-state index contributed by atoms with van der Waals surface area (Å²) >= 11 is 1.90. The van der Waals surface area contributed by atoms with Gasteiger partial charge in [0.05, 0.1) is 0 Å². The van der Waals surface area contributed by atoms with E-state index in [1.807, 2.05) is 11.8 Å². The van der Waals surface area contributed by atoms with Crippen LogP contribution < -0.4 is 0 Å². The summed E-state index contributed by atoms with van der Waals surface area (Å²) in [7, 11) is 0. The van der Waals surface area contributed by atoms with Gasteiger partial charge < -0.3 is 0 Å². The molecule has 0 nitrogen and oxygen atoms in total. The van der Waals surface area contributed by atoms with E-state index < -0.39 is 0 Å². The summed E-state index contributed by atoms with van der Waals surface area (Å²) in [5.41, 5.74) is 14.2. The van der Waals surface area contributed by atoms with Crippen LogP contribution in [0, 0.1) is 0 Å². The number of benzene rings is 6. The van der Waals surface area contributed by atoms with E-state index in [0.717, 1.165) is 0 Å². The maximum Gasteiger partial charge on any atom is 0.0215 e. The summed E-state index contributed by atoms with van der Waals surface area (Å²) < 4.78 is 0. The summed E-state index contributed by atoms with van der Waals surface area (Å²) in [4.78, 5) is 2.69. The van der Waals surface area contributed by atoms with Gasteiger partial charge in [-0.05, 0) is 86.0 Å². The highest BCUT2D eigenvalue weighted by atomic mass is 32.2. The van der Waals surface area contributed by atoms with E-state index in [1.54, 1.807) is 11.1 Å². The van der Waals surface area contributed by atoms with E-state index in [-0.39, 0.29) is 5.41 Å². The normalized spacial score (nSPS) is 15.9. The van der Waals surface area contributed by atoms with Gasteiger partial charge in [0.2, 0.25) is 0 Å². The Morgan fingerprint density at radius 1 is 0.415 bits per heavy atom. The lowest BCUT2D eigenvalue weighted by Crippen LogP contribution is -2.27. The van der Waals surface area contributed by atoms with Gasteiger partial charge in [0.25, 0.3) is 0 Å². The van der Waals surface area contributed by atoms with Gasteiger partial charge in [-0.3, -0.25) is 0 Å². The lowest BCUT2D eigenvalue weighted by atomic mass is 9.67. The average molecular weight is 543 g/mol. The molecule has 0 bridgehead atoms. The maximum absolute atomic E-state index is 2.43. The van der Waals surface area contributed by atoms with Crippen LogP contribution in [0.1, 0.15) is 43.2 Å². The summed E-state index contributed by atoms with van der Waals surface area (Å²) in [6.45, 7) is 0. The largest absolute Gasteiger partial charge is 0.0888 e. The second kappa shape index (κ2) is 8.96. The minimum Gasteiger partial charge on any atom is -0.0888 e. The highest BCUT2D eigenvalue weighted by molar-refractivity contribution is 7.99. The quantitative estimate of drug-likeness (QED) is 0.209. The van der Waals surface area contributed by atoms with Gasteiger partial charge in [0.15, 0.2) is 0 Å². The second-order valence-corrected chi connectivity index (χ2v) is 13.0. The fourth-order valence-corrected chi connectivity index (χ4v) is 9.32. The van der Waals surface area contributed by atoms with Crippen molar-refractivity contribution >= 4 is 22.5 Å². The first kappa shape index (κ1) is 23.6. The van der Waals surface area contributed by atoms with Gasteiger partial charge >= 0.3 is 0 Å². The molecule has 41 heavy (non-hydrogen) atoms. The third kappa shape index (κ3) is 3.30. The Labute approximate surface area is 246 Å². The van der Waals surface area contributed by atoms with Crippen molar-refractivity contribution in [3.8, 4) is 44.5 Å². The number of hydrogen-bond acceptors (Lipinski definition) is 1. The molecule has 3 aliphatic rings. The zero-order valence-corrected chi connectivity index (χ0v) is 23.8. The molecule has 196 valence electrons. The van der Waals surface area contributed by atoms with Crippen molar-refractivity contribution in [1.29, 1.82) is 0 Å². The van der Waals surface area contributed by atoms with Crippen LogP contribution in [-0.2, 0) is 5.41 Å². The predicted molar refractivity (Wildman–Crippen MR) is 174 cm³/mol. The molecule has 9 rings (SSSR count). The van der Waals surface area contributed by atoms with Crippen molar-refractivity contribution in [1.82, 2.24) is 0 Å². The van der Waals surface area contributed by atoms with Crippen molar-refractivity contribution in [2.45, 2.75) is 47.3 Å². The van der Waals surface area contributed by atoms with Gasteiger partial charge in [-0.1, -0.05) is 140 Å². The van der Waals surface area contributed by atoms with Crippen LogP contribution >= 0.6 is 11.8 Å².